The summed E-state index contributed by atoms with van der Waals surface area (Å²) in [5.41, 5.74) is 5.08. The molecule has 0 unspecified atom stereocenters. The Morgan fingerprint density at radius 3 is 2.58 bits per heavy atom. The number of carbonyl (C=O) groups excluding carboxylic acids is 1. The average molecular weight is 406 g/mol. The van der Waals surface area contributed by atoms with Crippen LogP contribution in [0.1, 0.15) is 15.9 Å². The zero-order valence-corrected chi connectivity index (χ0v) is 15.7. The molecule has 0 radical (unpaired) electrons. The molecule has 5 heteroatoms. The largest absolute Gasteiger partial charge is 0.321 e. The summed E-state index contributed by atoms with van der Waals surface area (Å²) in [6.07, 6.45) is 3.95. The summed E-state index contributed by atoms with van der Waals surface area (Å²) in [7, 11) is 0. The molecule has 0 bridgehead atoms. The molecule has 2 aromatic heterocycles. The van der Waals surface area contributed by atoms with Gasteiger partial charge in [-0.1, -0.05) is 40.2 Å². The molecule has 0 fully saturated rings. The molecule has 128 valence electrons. The number of nitrogens with one attached hydrogen (secondary N) is 1. The molecule has 0 aliphatic carbocycles. The summed E-state index contributed by atoms with van der Waals surface area (Å²) in [5.74, 6) is -0.148. The Morgan fingerprint density at radius 2 is 1.81 bits per heavy atom. The number of carbonyl (C=O) groups is 1. The van der Waals surface area contributed by atoms with Gasteiger partial charge in [-0.15, -0.1) is 0 Å². The second kappa shape index (κ2) is 6.77. The van der Waals surface area contributed by atoms with E-state index in [1.54, 1.807) is 12.1 Å². The lowest BCUT2D eigenvalue weighted by molar-refractivity contribution is 0.102. The monoisotopic (exact) mass is 405 g/mol. The van der Waals surface area contributed by atoms with E-state index in [2.05, 4.69) is 21.2 Å². The molecule has 1 amide bonds. The first-order chi connectivity index (χ1) is 12.6. The lowest BCUT2D eigenvalue weighted by Gasteiger charge is -2.09. The predicted octanol–water partition coefficient (Wildman–Crippen LogP) is 5.32. The first-order valence-corrected chi connectivity index (χ1v) is 9.02. The van der Waals surface area contributed by atoms with Gasteiger partial charge in [0.05, 0.1) is 11.4 Å². The third-order valence-electron chi connectivity index (χ3n) is 4.24. The number of para-hydroxylation sites is 1. The third kappa shape index (κ3) is 3.13. The van der Waals surface area contributed by atoms with E-state index in [1.807, 2.05) is 72.2 Å². The number of pyridine rings is 1. The summed E-state index contributed by atoms with van der Waals surface area (Å²) in [4.78, 5) is 17.3. The quantitative estimate of drug-likeness (QED) is 0.500. The number of anilines is 1. The minimum Gasteiger partial charge on any atom is -0.321 e. The zero-order valence-electron chi connectivity index (χ0n) is 14.1. The number of fused-ring (bicyclic) bond motifs is 1. The maximum Gasteiger partial charge on any atom is 0.255 e. The molecule has 2 aromatic carbocycles. The molecule has 2 heterocycles. The minimum atomic E-state index is -0.148. The van der Waals surface area contributed by atoms with Gasteiger partial charge in [0.2, 0.25) is 0 Å². The zero-order chi connectivity index (χ0) is 18.1. The van der Waals surface area contributed by atoms with E-state index in [4.69, 9.17) is 4.98 Å². The van der Waals surface area contributed by atoms with Crippen molar-refractivity contribution in [1.29, 1.82) is 0 Å². The van der Waals surface area contributed by atoms with Crippen LogP contribution in [0.3, 0.4) is 0 Å². The van der Waals surface area contributed by atoms with E-state index in [0.29, 0.717) is 5.56 Å². The fourth-order valence-electron chi connectivity index (χ4n) is 2.89. The first-order valence-electron chi connectivity index (χ1n) is 8.22. The van der Waals surface area contributed by atoms with Gasteiger partial charge in [-0.25, -0.2) is 4.98 Å². The molecule has 0 spiro atoms. The van der Waals surface area contributed by atoms with Crippen LogP contribution in [0.15, 0.2) is 77.5 Å². The van der Waals surface area contributed by atoms with E-state index < -0.39 is 0 Å². The van der Waals surface area contributed by atoms with Crippen LogP contribution in [0.2, 0.25) is 0 Å². The van der Waals surface area contributed by atoms with Crippen LogP contribution in [0.4, 0.5) is 5.69 Å². The van der Waals surface area contributed by atoms with Gasteiger partial charge in [0.25, 0.3) is 5.91 Å². The molecule has 26 heavy (non-hydrogen) atoms. The molecule has 0 atom stereocenters. The Morgan fingerprint density at radius 1 is 1.04 bits per heavy atom. The van der Waals surface area contributed by atoms with Gasteiger partial charge in [-0.3, -0.25) is 4.79 Å². The summed E-state index contributed by atoms with van der Waals surface area (Å²) < 4.78 is 2.94. The summed E-state index contributed by atoms with van der Waals surface area (Å²) in [5, 5.41) is 3.00. The van der Waals surface area contributed by atoms with Gasteiger partial charge >= 0.3 is 0 Å². The van der Waals surface area contributed by atoms with Crippen LogP contribution in [-0.2, 0) is 0 Å². The predicted molar refractivity (Wildman–Crippen MR) is 107 cm³/mol. The second-order valence-electron chi connectivity index (χ2n) is 6.05. The van der Waals surface area contributed by atoms with Crippen molar-refractivity contribution in [3.63, 3.8) is 0 Å². The Balaban J connectivity index is 1.71. The molecule has 4 nitrogen and oxygen atoms in total. The van der Waals surface area contributed by atoms with Crippen molar-refractivity contribution in [2.75, 3.05) is 5.32 Å². The van der Waals surface area contributed by atoms with Crippen molar-refractivity contribution in [2.24, 2.45) is 0 Å². The second-order valence-corrected chi connectivity index (χ2v) is 6.97. The van der Waals surface area contributed by atoms with E-state index in [9.17, 15) is 4.79 Å². The van der Waals surface area contributed by atoms with E-state index in [0.717, 1.165) is 32.6 Å². The topological polar surface area (TPSA) is 46.4 Å². The smallest absolute Gasteiger partial charge is 0.255 e. The lowest BCUT2D eigenvalue weighted by Crippen LogP contribution is -2.12. The first kappa shape index (κ1) is 16.5. The molecular formula is C21H16BrN3O. The Kier molecular flexibility index (Phi) is 4.31. The van der Waals surface area contributed by atoms with Crippen molar-refractivity contribution >= 4 is 33.2 Å². The van der Waals surface area contributed by atoms with Gasteiger partial charge in [-0.2, -0.15) is 0 Å². The Bertz CT molecular complexity index is 1100. The molecule has 0 aliphatic rings. The summed E-state index contributed by atoms with van der Waals surface area (Å²) in [6, 6.07) is 19.0. The SMILES string of the molecule is Cc1cccn2cc(-c3ccccc3NC(=O)c3ccc(Br)cc3)nc12. The minimum absolute atomic E-state index is 0.148. The van der Waals surface area contributed by atoms with Crippen LogP contribution >= 0.6 is 15.9 Å². The number of rotatable bonds is 3. The van der Waals surface area contributed by atoms with Crippen LogP contribution in [-0.4, -0.2) is 15.3 Å². The number of aromatic nitrogens is 2. The van der Waals surface area contributed by atoms with Crippen molar-refractivity contribution in [2.45, 2.75) is 6.92 Å². The number of benzene rings is 2. The normalized spacial score (nSPS) is 10.8. The van der Waals surface area contributed by atoms with Gasteiger partial charge < -0.3 is 9.72 Å². The number of amides is 1. The van der Waals surface area contributed by atoms with Gasteiger partial charge in [-0.05, 0) is 48.9 Å². The molecule has 0 saturated heterocycles. The highest BCUT2D eigenvalue weighted by molar-refractivity contribution is 9.10. The lowest BCUT2D eigenvalue weighted by atomic mass is 10.1. The van der Waals surface area contributed by atoms with Crippen molar-refractivity contribution in [1.82, 2.24) is 9.38 Å². The maximum atomic E-state index is 12.6. The van der Waals surface area contributed by atoms with Gasteiger partial charge in [0.1, 0.15) is 5.65 Å². The highest BCUT2D eigenvalue weighted by atomic mass is 79.9. The Labute approximate surface area is 159 Å². The number of hydrogen-bond acceptors (Lipinski definition) is 2. The van der Waals surface area contributed by atoms with Crippen molar-refractivity contribution in [3.05, 3.63) is 88.7 Å². The van der Waals surface area contributed by atoms with Gasteiger partial charge in [0, 0.05) is 28.0 Å². The number of aryl methyl sites for hydroxylation is 1. The Hall–Kier alpha value is -2.92. The van der Waals surface area contributed by atoms with Crippen LogP contribution in [0, 0.1) is 6.92 Å². The average Bonchev–Trinajstić information content (AvgIpc) is 3.08. The molecule has 4 aromatic rings. The molecule has 4 rings (SSSR count). The fraction of sp³-hybridized carbons (Fsp3) is 0.0476. The molecule has 0 saturated carbocycles. The van der Waals surface area contributed by atoms with Gasteiger partial charge in [0.15, 0.2) is 0 Å². The number of imidazole rings is 1. The van der Waals surface area contributed by atoms with Crippen LogP contribution in [0.25, 0.3) is 16.9 Å². The number of halogens is 1. The highest BCUT2D eigenvalue weighted by Gasteiger charge is 2.13. The number of hydrogen-bond donors (Lipinski definition) is 1. The number of nitrogens with zero attached hydrogens (tertiary/aromatic N) is 2. The van der Waals surface area contributed by atoms with Crippen LogP contribution in [0.5, 0.6) is 0 Å². The maximum absolute atomic E-state index is 12.6. The molecule has 1 N–H and O–H groups in total. The fourth-order valence-corrected chi connectivity index (χ4v) is 3.16. The van der Waals surface area contributed by atoms with Crippen LogP contribution < -0.4 is 5.32 Å². The van der Waals surface area contributed by atoms with E-state index >= 15 is 0 Å². The standard InChI is InChI=1S/C21H16BrN3O/c1-14-5-4-12-25-13-19(23-20(14)25)17-6-2-3-7-18(17)24-21(26)15-8-10-16(22)11-9-15/h2-13H,1H3,(H,24,26). The van der Waals surface area contributed by atoms with Crippen molar-refractivity contribution in [3.8, 4) is 11.3 Å². The van der Waals surface area contributed by atoms with E-state index in [1.165, 1.54) is 0 Å². The molecular weight excluding hydrogens is 390 g/mol. The third-order valence-corrected chi connectivity index (χ3v) is 4.76. The summed E-state index contributed by atoms with van der Waals surface area (Å²) in [6.45, 7) is 2.04. The van der Waals surface area contributed by atoms with E-state index in [-0.39, 0.29) is 5.91 Å². The summed E-state index contributed by atoms with van der Waals surface area (Å²) >= 11 is 3.38. The highest BCUT2D eigenvalue weighted by Crippen LogP contribution is 2.28. The van der Waals surface area contributed by atoms with Crippen molar-refractivity contribution < 1.29 is 4.79 Å². The molecule has 0 aliphatic heterocycles.